The number of rotatable bonds is 6. The van der Waals surface area contributed by atoms with Gasteiger partial charge in [0.1, 0.15) is 0 Å². The number of amides is 1. The number of fused-ring (bicyclic) bond motifs is 1. The molecule has 0 unspecified atom stereocenters. The van der Waals surface area contributed by atoms with Gasteiger partial charge in [-0.25, -0.2) is 0 Å². The van der Waals surface area contributed by atoms with Crippen molar-refractivity contribution in [1.82, 2.24) is 9.78 Å². The number of carbonyl (C=O) groups excluding carboxylic acids is 2. The second-order valence-corrected chi connectivity index (χ2v) is 9.16. The van der Waals surface area contributed by atoms with Crippen molar-refractivity contribution in [3.05, 3.63) is 83.6 Å². The van der Waals surface area contributed by atoms with Crippen LogP contribution >= 0.6 is 0 Å². The number of nitrogens with zero attached hydrogens (tertiary/aromatic N) is 2. The molecule has 0 fully saturated rings. The van der Waals surface area contributed by atoms with Gasteiger partial charge in [-0.3, -0.25) is 9.59 Å². The molecule has 0 spiro atoms. The van der Waals surface area contributed by atoms with E-state index in [-0.39, 0.29) is 18.6 Å². The van der Waals surface area contributed by atoms with E-state index in [1.807, 2.05) is 69.3 Å². The molecule has 1 amide bonds. The molecule has 3 aromatic carbocycles. The molecule has 0 aliphatic carbocycles. The molecular formula is C29H27N3O5. The first-order valence-electron chi connectivity index (χ1n) is 12.0. The maximum Gasteiger partial charge on any atom is 0.309 e. The van der Waals surface area contributed by atoms with Crippen molar-refractivity contribution in [3.63, 3.8) is 0 Å². The second kappa shape index (κ2) is 9.81. The van der Waals surface area contributed by atoms with Crippen LogP contribution in [-0.2, 0) is 4.79 Å². The lowest BCUT2D eigenvalue weighted by Gasteiger charge is -2.11. The molecule has 2 heterocycles. The molecule has 188 valence electrons. The molecule has 0 bridgehead atoms. The van der Waals surface area contributed by atoms with Crippen molar-refractivity contribution in [3.8, 4) is 34.2 Å². The van der Waals surface area contributed by atoms with Crippen LogP contribution in [0.1, 0.15) is 48.3 Å². The maximum atomic E-state index is 12.8. The molecule has 1 aliphatic heterocycles. The van der Waals surface area contributed by atoms with Crippen LogP contribution in [0.3, 0.4) is 0 Å². The summed E-state index contributed by atoms with van der Waals surface area (Å²) >= 11 is 0. The SMILES string of the molecule is CC(=O)Oc1c(-c2ccc(NC(=O)c3ccc4c(c3)OCO4)cc2)c(C(C)C)nn1-c1ccc(C)cc1. The topological polar surface area (TPSA) is 91.7 Å². The minimum Gasteiger partial charge on any atom is -0.454 e. The monoisotopic (exact) mass is 497 g/mol. The molecule has 1 aromatic heterocycles. The van der Waals surface area contributed by atoms with E-state index in [9.17, 15) is 9.59 Å². The van der Waals surface area contributed by atoms with E-state index in [4.69, 9.17) is 19.3 Å². The van der Waals surface area contributed by atoms with Gasteiger partial charge in [-0.1, -0.05) is 43.7 Å². The summed E-state index contributed by atoms with van der Waals surface area (Å²) in [7, 11) is 0. The zero-order valence-electron chi connectivity index (χ0n) is 21.1. The number of aromatic nitrogens is 2. The third-order valence-corrected chi connectivity index (χ3v) is 6.00. The number of aryl methyl sites for hydroxylation is 1. The van der Waals surface area contributed by atoms with Crippen molar-refractivity contribution in [2.45, 2.75) is 33.6 Å². The van der Waals surface area contributed by atoms with Gasteiger partial charge in [-0.15, -0.1) is 0 Å². The number of anilines is 1. The zero-order valence-corrected chi connectivity index (χ0v) is 21.1. The third kappa shape index (κ3) is 4.91. The fourth-order valence-electron chi connectivity index (χ4n) is 4.15. The molecule has 4 aromatic rings. The first-order chi connectivity index (χ1) is 17.8. The molecule has 1 N–H and O–H groups in total. The molecule has 0 radical (unpaired) electrons. The van der Waals surface area contributed by atoms with Crippen LogP contribution in [0.5, 0.6) is 17.4 Å². The maximum absolute atomic E-state index is 12.8. The third-order valence-electron chi connectivity index (χ3n) is 6.00. The van der Waals surface area contributed by atoms with Crippen LogP contribution < -0.4 is 19.5 Å². The molecule has 0 atom stereocenters. The van der Waals surface area contributed by atoms with Gasteiger partial charge >= 0.3 is 5.97 Å². The fraction of sp³-hybridized carbons (Fsp3) is 0.207. The Labute approximate surface area is 214 Å². The summed E-state index contributed by atoms with van der Waals surface area (Å²) in [6.07, 6.45) is 0. The van der Waals surface area contributed by atoms with Crippen molar-refractivity contribution in [1.29, 1.82) is 0 Å². The minimum atomic E-state index is -0.433. The van der Waals surface area contributed by atoms with Crippen molar-refractivity contribution in [2.75, 3.05) is 12.1 Å². The molecule has 1 aliphatic rings. The molecule has 0 saturated carbocycles. The molecule has 8 nitrogen and oxygen atoms in total. The highest BCUT2D eigenvalue weighted by atomic mass is 16.7. The van der Waals surface area contributed by atoms with E-state index in [2.05, 4.69) is 5.32 Å². The van der Waals surface area contributed by atoms with Crippen LogP contribution in [0.25, 0.3) is 16.8 Å². The lowest BCUT2D eigenvalue weighted by atomic mass is 9.99. The molecule has 8 heteroatoms. The van der Waals surface area contributed by atoms with E-state index in [0.29, 0.717) is 28.6 Å². The predicted octanol–water partition coefficient (Wildman–Crippen LogP) is 5.88. The highest BCUT2D eigenvalue weighted by molar-refractivity contribution is 6.04. The lowest BCUT2D eigenvalue weighted by molar-refractivity contribution is -0.132. The van der Waals surface area contributed by atoms with E-state index >= 15 is 0 Å². The number of hydrogen-bond acceptors (Lipinski definition) is 6. The van der Waals surface area contributed by atoms with Crippen molar-refractivity contribution >= 4 is 17.6 Å². The summed E-state index contributed by atoms with van der Waals surface area (Å²) in [5, 5.41) is 7.73. The Hall–Kier alpha value is -4.59. The van der Waals surface area contributed by atoms with E-state index < -0.39 is 5.97 Å². The summed E-state index contributed by atoms with van der Waals surface area (Å²) in [6, 6.07) is 20.3. The Bertz CT molecular complexity index is 1470. The molecule has 37 heavy (non-hydrogen) atoms. The first-order valence-corrected chi connectivity index (χ1v) is 12.0. The summed E-state index contributed by atoms with van der Waals surface area (Å²) in [5.74, 6) is 0.905. The summed E-state index contributed by atoms with van der Waals surface area (Å²) in [5.41, 5.74) is 5.35. The van der Waals surface area contributed by atoms with Crippen LogP contribution in [0.2, 0.25) is 0 Å². The summed E-state index contributed by atoms with van der Waals surface area (Å²) < 4.78 is 18.0. The largest absolute Gasteiger partial charge is 0.454 e. The van der Waals surface area contributed by atoms with Gasteiger partial charge in [0.2, 0.25) is 12.7 Å². The zero-order chi connectivity index (χ0) is 26.1. The Morgan fingerprint density at radius 1 is 0.973 bits per heavy atom. The smallest absolute Gasteiger partial charge is 0.309 e. The number of carbonyl (C=O) groups is 2. The van der Waals surface area contributed by atoms with Crippen molar-refractivity contribution in [2.24, 2.45) is 0 Å². The average molecular weight is 498 g/mol. The van der Waals surface area contributed by atoms with Gasteiger partial charge in [-0.05, 0) is 60.9 Å². The van der Waals surface area contributed by atoms with Gasteiger partial charge in [0, 0.05) is 18.2 Å². The molecule has 0 saturated heterocycles. The molecule has 5 rings (SSSR count). The standard InChI is InChI=1S/C29H27N3O5/c1-17(2)27-26(29(37-19(4)33)32(31-27)23-12-5-18(3)6-13-23)20-7-10-22(11-8-20)30-28(34)21-9-14-24-25(15-21)36-16-35-24/h5-15,17H,16H2,1-4H3,(H,30,34). The number of esters is 1. The van der Waals surface area contributed by atoms with Gasteiger partial charge in [0.25, 0.3) is 5.91 Å². The Kier molecular flexibility index (Phi) is 6.40. The van der Waals surface area contributed by atoms with Gasteiger partial charge in [0.05, 0.1) is 16.9 Å². The Morgan fingerprint density at radius 2 is 1.68 bits per heavy atom. The van der Waals surface area contributed by atoms with Gasteiger partial charge in [0.15, 0.2) is 11.5 Å². The molecular weight excluding hydrogens is 470 g/mol. The fourth-order valence-corrected chi connectivity index (χ4v) is 4.15. The van der Waals surface area contributed by atoms with E-state index in [1.54, 1.807) is 22.9 Å². The van der Waals surface area contributed by atoms with Crippen LogP contribution in [0, 0.1) is 6.92 Å². The summed E-state index contributed by atoms with van der Waals surface area (Å²) in [4.78, 5) is 24.9. The van der Waals surface area contributed by atoms with Crippen LogP contribution in [0.4, 0.5) is 5.69 Å². The number of ether oxygens (including phenoxy) is 3. The highest BCUT2D eigenvalue weighted by Gasteiger charge is 2.25. The first kappa shape index (κ1) is 24.1. The van der Waals surface area contributed by atoms with E-state index in [0.717, 1.165) is 28.1 Å². The number of nitrogens with one attached hydrogen (secondary N) is 1. The normalized spacial score (nSPS) is 12.0. The van der Waals surface area contributed by atoms with Gasteiger partial charge in [-0.2, -0.15) is 9.78 Å². The lowest BCUT2D eigenvalue weighted by Crippen LogP contribution is -2.11. The van der Waals surface area contributed by atoms with Gasteiger partial charge < -0.3 is 19.5 Å². The second-order valence-electron chi connectivity index (χ2n) is 9.16. The average Bonchev–Trinajstić information content (AvgIpc) is 3.49. The van der Waals surface area contributed by atoms with Crippen molar-refractivity contribution < 1.29 is 23.8 Å². The van der Waals surface area contributed by atoms with E-state index in [1.165, 1.54) is 6.92 Å². The van der Waals surface area contributed by atoms with Crippen LogP contribution in [-0.4, -0.2) is 28.4 Å². The quantitative estimate of drug-likeness (QED) is 0.335. The predicted molar refractivity (Wildman–Crippen MR) is 140 cm³/mol. The minimum absolute atomic E-state index is 0.0707. The number of benzene rings is 3. The Morgan fingerprint density at radius 3 is 2.35 bits per heavy atom. The highest BCUT2D eigenvalue weighted by Crippen LogP contribution is 2.39. The summed E-state index contributed by atoms with van der Waals surface area (Å²) in [6.45, 7) is 7.62. The van der Waals surface area contributed by atoms with Crippen LogP contribution in [0.15, 0.2) is 66.7 Å². The Balaban J connectivity index is 1.48. The number of hydrogen-bond donors (Lipinski definition) is 1.